The molecule has 2 aliphatic rings. The lowest BCUT2D eigenvalue weighted by molar-refractivity contribution is 0.282. The smallest absolute Gasteiger partial charge is 0.284 e. The second-order valence-electron chi connectivity index (χ2n) is 7.53. The Labute approximate surface area is 193 Å². The fourth-order valence-electron chi connectivity index (χ4n) is 3.45. The van der Waals surface area contributed by atoms with Gasteiger partial charge in [-0.25, -0.2) is 9.67 Å². The van der Waals surface area contributed by atoms with E-state index in [1.54, 1.807) is 16.8 Å². The predicted molar refractivity (Wildman–Crippen MR) is 123 cm³/mol. The van der Waals surface area contributed by atoms with Crippen LogP contribution < -0.4 is 5.56 Å². The van der Waals surface area contributed by atoms with E-state index in [2.05, 4.69) is 15.1 Å². The summed E-state index contributed by atoms with van der Waals surface area (Å²) in [5, 5.41) is 13.5. The lowest BCUT2D eigenvalue weighted by Gasteiger charge is -2.11. The van der Waals surface area contributed by atoms with Crippen molar-refractivity contribution in [3.8, 4) is 17.1 Å². The minimum Gasteiger partial charge on any atom is -0.392 e. The largest absolute Gasteiger partial charge is 0.392 e. The van der Waals surface area contributed by atoms with Gasteiger partial charge in [0.15, 0.2) is 5.82 Å². The maximum Gasteiger partial charge on any atom is 0.284 e. The van der Waals surface area contributed by atoms with Crippen LogP contribution >= 0.6 is 34.8 Å². The number of hydrogen-bond donors (Lipinski definition) is 2. The molecule has 0 saturated heterocycles. The average Bonchev–Trinajstić information content (AvgIpc) is 3.08. The molecule has 2 aromatic carbocycles. The van der Waals surface area contributed by atoms with Gasteiger partial charge in [-0.3, -0.25) is 9.89 Å². The molecule has 2 aliphatic heterocycles. The van der Waals surface area contributed by atoms with Gasteiger partial charge >= 0.3 is 0 Å². The zero-order valence-corrected chi connectivity index (χ0v) is 19.1. The van der Waals surface area contributed by atoms with E-state index in [4.69, 9.17) is 34.8 Å². The number of benzene rings is 2. The zero-order chi connectivity index (χ0) is 22.3. The standard InChI is InChI=1S/C22H19Cl3N4O2/c1-11(2)19-18-21(29(28-19)20-15(24)8-14(23)9-16(20)25)26-17(27-22(18)31)7-12-3-5-13(10-30)6-4-12/h3-6,8-9,11,28,30H,7,10H2,1-2H3. The number of hydrogen-bond acceptors (Lipinski definition) is 4. The van der Waals surface area contributed by atoms with Gasteiger partial charge in [0, 0.05) is 11.4 Å². The fraction of sp³-hybridized carbons (Fsp3) is 0.227. The van der Waals surface area contributed by atoms with Crippen molar-refractivity contribution in [3.05, 3.63) is 84.5 Å². The van der Waals surface area contributed by atoms with Gasteiger partial charge in [0.1, 0.15) is 17.1 Å². The SMILES string of the molecule is CC(C)c1[nH]n(-c2c(Cl)cc(Cl)cc2Cl)c2nc(Cc3ccc(CO)cc3)nc(=O)c1-2. The van der Waals surface area contributed by atoms with Crippen LogP contribution in [-0.2, 0) is 13.0 Å². The van der Waals surface area contributed by atoms with Crippen molar-refractivity contribution in [3.63, 3.8) is 0 Å². The van der Waals surface area contributed by atoms with Crippen LogP contribution in [0.2, 0.25) is 15.1 Å². The summed E-state index contributed by atoms with van der Waals surface area (Å²) in [6.45, 7) is 3.91. The molecule has 2 N–H and O–H groups in total. The van der Waals surface area contributed by atoms with Gasteiger partial charge in [-0.05, 0) is 29.2 Å². The summed E-state index contributed by atoms with van der Waals surface area (Å²) in [6.07, 6.45) is 0.362. The Morgan fingerprint density at radius 1 is 1.03 bits per heavy atom. The number of rotatable bonds is 5. The molecule has 0 radical (unpaired) electrons. The molecular formula is C22H19Cl3N4O2. The van der Waals surface area contributed by atoms with E-state index in [0.29, 0.717) is 50.1 Å². The van der Waals surface area contributed by atoms with Crippen molar-refractivity contribution in [2.24, 2.45) is 0 Å². The van der Waals surface area contributed by atoms with Gasteiger partial charge in [0.2, 0.25) is 0 Å². The minimum absolute atomic E-state index is 0.0155. The van der Waals surface area contributed by atoms with Gasteiger partial charge in [-0.15, -0.1) is 0 Å². The van der Waals surface area contributed by atoms with Crippen LogP contribution in [0.3, 0.4) is 0 Å². The number of nitrogens with zero attached hydrogens (tertiary/aromatic N) is 3. The van der Waals surface area contributed by atoms with Crippen molar-refractivity contribution < 1.29 is 5.11 Å². The van der Waals surface area contributed by atoms with Crippen molar-refractivity contribution in [2.45, 2.75) is 32.8 Å². The van der Waals surface area contributed by atoms with Crippen LogP contribution in [-0.4, -0.2) is 24.9 Å². The summed E-state index contributed by atoms with van der Waals surface area (Å²) in [4.78, 5) is 21.9. The summed E-state index contributed by atoms with van der Waals surface area (Å²) in [5.74, 6) is 0.789. The second kappa shape index (κ2) is 8.63. The van der Waals surface area contributed by atoms with Crippen LogP contribution in [0.1, 0.15) is 42.4 Å². The third-order valence-corrected chi connectivity index (χ3v) is 5.76. The van der Waals surface area contributed by atoms with Crippen molar-refractivity contribution in [1.82, 2.24) is 19.7 Å². The molecule has 2 heterocycles. The van der Waals surface area contributed by atoms with Gasteiger partial charge < -0.3 is 5.11 Å². The number of halogens is 3. The Morgan fingerprint density at radius 2 is 1.65 bits per heavy atom. The van der Waals surface area contributed by atoms with Crippen molar-refractivity contribution in [1.29, 1.82) is 0 Å². The Kier molecular flexibility index (Phi) is 6.08. The summed E-state index contributed by atoms with van der Waals surface area (Å²) in [5.41, 5.74) is 2.91. The Balaban J connectivity index is 1.90. The van der Waals surface area contributed by atoms with Crippen molar-refractivity contribution >= 4 is 34.8 Å². The van der Waals surface area contributed by atoms with Gasteiger partial charge in [-0.1, -0.05) is 72.9 Å². The van der Waals surface area contributed by atoms with E-state index < -0.39 is 0 Å². The van der Waals surface area contributed by atoms with E-state index in [1.807, 2.05) is 38.1 Å². The highest BCUT2D eigenvalue weighted by Gasteiger charge is 2.27. The first-order valence-corrected chi connectivity index (χ1v) is 10.8. The highest BCUT2D eigenvalue weighted by Crippen LogP contribution is 2.36. The first-order valence-electron chi connectivity index (χ1n) is 9.63. The van der Waals surface area contributed by atoms with Gasteiger partial charge in [0.25, 0.3) is 5.56 Å². The highest BCUT2D eigenvalue weighted by molar-refractivity contribution is 6.40. The van der Waals surface area contributed by atoms with E-state index >= 15 is 0 Å². The molecule has 31 heavy (non-hydrogen) atoms. The number of fused-ring (bicyclic) bond motifs is 1. The maximum absolute atomic E-state index is 13.0. The third-order valence-electron chi connectivity index (χ3n) is 4.97. The molecule has 0 fully saturated rings. The lowest BCUT2D eigenvalue weighted by atomic mass is 10.1. The number of aromatic amines is 1. The third kappa shape index (κ3) is 4.21. The normalized spacial score (nSPS) is 11.6. The number of aromatic nitrogens is 4. The van der Waals surface area contributed by atoms with Crippen LogP contribution in [0.15, 0.2) is 41.2 Å². The Hall–Kier alpha value is -2.38. The Bertz CT molecular complexity index is 1260. The molecule has 2 aromatic rings. The monoisotopic (exact) mass is 476 g/mol. The molecule has 0 spiro atoms. The van der Waals surface area contributed by atoms with Gasteiger partial charge in [-0.2, -0.15) is 4.98 Å². The van der Waals surface area contributed by atoms with E-state index in [1.165, 1.54) is 0 Å². The number of H-pyrrole nitrogens is 1. The molecule has 9 heteroatoms. The quantitative estimate of drug-likeness (QED) is 0.412. The maximum atomic E-state index is 13.0. The molecule has 0 unspecified atom stereocenters. The molecular weight excluding hydrogens is 459 g/mol. The summed E-state index contributed by atoms with van der Waals surface area (Å²) < 4.78 is 1.62. The molecule has 0 aliphatic carbocycles. The van der Waals surface area contributed by atoms with Gasteiger partial charge in [0.05, 0.1) is 22.3 Å². The number of nitrogens with one attached hydrogen (secondary N) is 1. The lowest BCUT2D eigenvalue weighted by Crippen LogP contribution is -2.18. The molecule has 0 bridgehead atoms. The first-order chi connectivity index (χ1) is 14.8. The number of aliphatic hydroxyl groups excluding tert-OH is 1. The van der Waals surface area contributed by atoms with Crippen LogP contribution in [0.4, 0.5) is 0 Å². The summed E-state index contributed by atoms with van der Waals surface area (Å²) in [7, 11) is 0. The summed E-state index contributed by atoms with van der Waals surface area (Å²) >= 11 is 19.0. The van der Waals surface area contributed by atoms with E-state index in [9.17, 15) is 9.90 Å². The van der Waals surface area contributed by atoms with E-state index in [-0.39, 0.29) is 18.1 Å². The Morgan fingerprint density at radius 3 is 2.23 bits per heavy atom. The topological polar surface area (TPSA) is 83.8 Å². The molecule has 4 rings (SSSR count). The molecule has 160 valence electrons. The summed E-state index contributed by atoms with van der Waals surface area (Å²) in [6, 6.07) is 10.6. The minimum atomic E-state index is -0.369. The second-order valence-corrected chi connectivity index (χ2v) is 8.78. The zero-order valence-electron chi connectivity index (χ0n) is 16.8. The molecule has 6 nitrogen and oxygen atoms in total. The first kappa shape index (κ1) is 21.8. The van der Waals surface area contributed by atoms with Crippen LogP contribution in [0.5, 0.6) is 0 Å². The highest BCUT2D eigenvalue weighted by atomic mass is 35.5. The predicted octanol–water partition coefficient (Wildman–Crippen LogP) is 5.23. The van der Waals surface area contributed by atoms with Crippen LogP contribution in [0, 0.1) is 0 Å². The molecule has 0 saturated carbocycles. The van der Waals surface area contributed by atoms with Crippen molar-refractivity contribution in [2.75, 3.05) is 0 Å². The fourth-order valence-corrected chi connectivity index (χ4v) is 4.44. The average molecular weight is 478 g/mol. The molecule has 0 atom stereocenters. The molecule has 0 amide bonds. The van der Waals surface area contributed by atoms with E-state index in [0.717, 1.165) is 11.1 Å². The number of aliphatic hydroxyl groups is 1. The molecule has 0 aromatic heterocycles. The van der Waals surface area contributed by atoms with Crippen LogP contribution in [0.25, 0.3) is 17.1 Å².